The molecule has 0 unspecified atom stereocenters. The van der Waals surface area contributed by atoms with Crippen molar-refractivity contribution in [1.82, 2.24) is 10.6 Å². The minimum atomic E-state index is -0.452. The molecular weight excluding hydrogens is 284 g/mol. The van der Waals surface area contributed by atoms with Crippen molar-refractivity contribution in [2.45, 2.75) is 70.1 Å². The Hall–Kier alpha value is -1.14. The van der Waals surface area contributed by atoms with Crippen LogP contribution in [0.5, 0.6) is 0 Å². The van der Waals surface area contributed by atoms with E-state index in [2.05, 4.69) is 17.6 Å². The van der Waals surface area contributed by atoms with Crippen LogP contribution in [0, 0.1) is 0 Å². The van der Waals surface area contributed by atoms with Crippen LogP contribution < -0.4 is 10.6 Å². The van der Waals surface area contributed by atoms with Gasteiger partial charge in [-0.2, -0.15) is 0 Å². The van der Waals surface area contributed by atoms with Crippen molar-refractivity contribution in [2.75, 3.05) is 19.8 Å². The third kappa shape index (κ3) is 4.68. The Morgan fingerprint density at radius 2 is 1.68 bits per heavy atom. The van der Waals surface area contributed by atoms with Gasteiger partial charge in [0.2, 0.25) is 11.8 Å². The highest BCUT2D eigenvalue weighted by atomic mass is 16.5. The van der Waals surface area contributed by atoms with Gasteiger partial charge in [0.25, 0.3) is 0 Å². The molecule has 0 aromatic rings. The van der Waals surface area contributed by atoms with Gasteiger partial charge in [0.05, 0.1) is 5.54 Å². The van der Waals surface area contributed by atoms with Gasteiger partial charge in [-0.1, -0.05) is 13.3 Å². The van der Waals surface area contributed by atoms with Crippen LogP contribution in [0.25, 0.3) is 0 Å². The zero-order valence-electron chi connectivity index (χ0n) is 13.7. The van der Waals surface area contributed by atoms with Crippen molar-refractivity contribution in [2.24, 2.45) is 0 Å². The van der Waals surface area contributed by atoms with E-state index < -0.39 is 5.54 Å². The van der Waals surface area contributed by atoms with Crippen LogP contribution >= 0.6 is 0 Å². The van der Waals surface area contributed by atoms with Gasteiger partial charge in [-0.05, 0) is 39.0 Å². The summed E-state index contributed by atoms with van der Waals surface area (Å²) in [7, 11) is 0. The lowest BCUT2D eigenvalue weighted by atomic mass is 9.95. The van der Waals surface area contributed by atoms with Crippen LogP contribution in [0.3, 0.4) is 0 Å². The summed E-state index contributed by atoms with van der Waals surface area (Å²) in [4.78, 5) is 24.3. The predicted molar refractivity (Wildman–Crippen MR) is 82.4 cm³/mol. The fourth-order valence-electron chi connectivity index (χ4n) is 3.09. The second-order valence-electron chi connectivity index (χ2n) is 6.52. The Morgan fingerprint density at radius 3 is 2.18 bits per heavy atom. The van der Waals surface area contributed by atoms with E-state index in [-0.39, 0.29) is 24.0 Å². The molecule has 0 saturated carbocycles. The standard InChI is InChI=1S/C16H28N2O4/c1-3-8-16(2,18-15(20)13-7-5-10-22-13)11-17-14(19)12-6-4-9-21-12/h12-13H,3-11H2,1-2H3,(H,17,19)(H,18,20)/t12-,13-,16+/m0/s1. The number of nitrogens with one attached hydrogen (secondary N) is 2. The van der Waals surface area contributed by atoms with Gasteiger partial charge >= 0.3 is 0 Å². The first kappa shape index (κ1) is 17.2. The highest BCUT2D eigenvalue weighted by Crippen LogP contribution is 2.17. The number of carbonyl (C=O) groups excluding carboxylic acids is 2. The molecule has 6 nitrogen and oxygen atoms in total. The SMILES string of the molecule is CCC[C@](C)(CNC(=O)[C@@H]1CCCO1)NC(=O)[C@@H]1CCCO1. The minimum Gasteiger partial charge on any atom is -0.368 e. The normalized spacial score (nSPS) is 27.4. The molecule has 3 atom stereocenters. The third-order valence-corrected chi connectivity index (χ3v) is 4.32. The molecule has 2 N–H and O–H groups in total. The molecule has 6 heteroatoms. The molecule has 2 rings (SSSR count). The van der Waals surface area contributed by atoms with Gasteiger partial charge in [-0.15, -0.1) is 0 Å². The van der Waals surface area contributed by atoms with Crippen LogP contribution in [0.4, 0.5) is 0 Å². The molecule has 2 amide bonds. The molecule has 126 valence electrons. The smallest absolute Gasteiger partial charge is 0.249 e. The van der Waals surface area contributed by atoms with E-state index in [1.165, 1.54) is 0 Å². The number of hydrogen-bond acceptors (Lipinski definition) is 4. The molecule has 2 saturated heterocycles. The van der Waals surface area contributed by atoms with E-state index >= 15 is 0 Å². The monoisotopic (exact) mass is 312 g/mol. The topological polar surface area (TPSA) is 76.7 Å². The summed E-state index contributed by atoms with van der Waals surface area (Å²) >= 11 is 0. The molecule has 22 heavy (non-hydrogen) atoms. The number of hydrogen-bond donors (Lipinski definition) is 2. The Labute approximate surface area is 132 Å². The summed E-state index contributed by atoms with van der Waals surface area (Å²) in [6.45, 7) is 5.76. The van der Waals surface area contributed by atoms with E-state index in [0.717, 1.165) is 38.5 Å². The fourth-order valence-corrected chi connectivity index (χ4v) is 3.09. The molecule has 0 aromatic carbocycles. The molecule has 2 aliphatic heterocycles. The lowest BCUT2D eigenvalue weighted by molar-refractivity contribution is -0.133. The lowest BCUT2D eigenvalue weighted by Crippen LogP contribution is -2.56. The van der Waals surface area contributed by atoms with Crippen LogP contribution in [-0.2, 0) is 19.1 Å². The van der Waals surface area contributed by atoms with Crippen molar-refractivity contribution in [1.29, 1.82) is 0 Å². The average Bonchev–Trinajstić information content (AvgIpc) is 3.17. The van der Waals surface area contributed by atoms with E-state index in [9.17, 15) is 9.59 Å². The first-order valence-electron chi connectivity index (χ1n) is 8.37. The third-order valence-electron chi connectivity index (χ3n) is 4.32. The second-order valence-corrected chi connectivity index (χ2v) is 6.52. The van der Waals surface area contributed by atoms with Crippen molar-refractivity contribution in [3.05, 3.63) is 0 Å². The van der Waals surface area contributed by atoms with Gasteiger partial charge in [-0.25, -0.2) is 0 Å². The van der Waals surface area contributed by atoms with E-state index in [1.807, 2.05) is 6.92 Å². The highest BCUT2D eigenvalue weighted by molar-refractivity contribution is 5.82. The minimum absolute atomic E-state index is 0.0696. The first-order valence-corrected chi connectivity index (χ1v) is 8.37. The zero-order chi connectivity index (χ0) is 16.0. The van der Waals surface area contributed by atoms with Gasteiger partial charge < -0.3 is 20.1 Å². The van der Waals surface area contributed by atoms with E-state index in [0.29, 0.717) is 19.8 Å². The van der Waals surface area contributed by atoms with Crippen LogP contribution in [-0.4, -0.2) is 49.3 Å². The Kier molecular flexibility index (Phi) is 6.20. The maximum atomic E-state index is 12.3. The molecule has 0 bridgehead atoms. The average molecular weight is 312 g/mol. The molecule has 0 aromatic heterocycles. The van der Waals surface area contributed by atoms with Gasteiger partial charge in [0.15, 0.2) is 0 Å². The first-order chi connectivity index (χ1) is 10.5. The van der Waals surface area contributed by atoms with Crippen molar-refractivity contribution >= 4 is 11.8 Å². The van der Waals surface area contributed by atoms with Crippen LogP contribution in [0.1, 0.15) is 52.4 Å². The largest absolute Gasteiger partial charge is 0.368 e. The zero-order valence-corrected chi connectivity index (χ0v) is 13.7. The number of carbonyl (C=O) groups is 2. The summed E-state index contributed by atoms with van der Waals surface area (Å²) in [6, 6.07) is 0. The maximum Gasteiger partial charge on any atom is 0.249 e. The fraction of sp³-hybridized carbons (Fsp3) is 0.875. The molecular formula is C16H28N2O4. The maximum absolute atomic E-state index is 12.3. The quantitative estimate of drug-likeness (QED) is 0.739. The summed E-state index contributed by atoms with van der Waals surface area (Å²) in [5.41, 5.74) is -0.452. The molecule has 0 radical (unpaired) electrons. The molecule has 0 aliphatic carbocycles. The molecule has 0 spiro atoms. The number of ether oxygens (including phenoxy) is 2. The summed E-state index contributed by atoms with van der Waals surface area (Å²) in [5.74, 6) is -0.147. The summed E-state index contributed by atoms with van der Waals surface area (Å²) in [5, 5.41) is 5.99. The van der Waals surface area contributed by atoms with Crippen LogP contribution in [0.2, 0.25) is 0 Å². The Bertz CT molecular complexity index is 390. The lowest BCUT2D eigenvalue weighted by Gasteiger charge is -2.32. The Morgan fingerprint density at radius 1 is 1.09 bits per heavy atom. The Balaban J connectivity index is 1.85. The second kappa shape index (κ2) is 7.92. The van der Waals surface area contributed by atoms with E-state index in [4.69, 9.17) is 9.47 Å². The molecule has 2 fully saturated rings. The van der Waals surface area contributed by atoms with Gasteiger partial charge in [-0.3, -0.25) is 9.59 Å². The van der Waals surface area contributed by atoms with Crippen molar-refractivity contribution in [3.8, 4) is 0 Å². The van der Waals surface area contributed by atoms with Gasteiger partial charge in [0.1, 0.15) is 12.2 Å². The predicted octanol–water partition coefficient (Wildman–Crippen LogP) is 1.14. The van der Waals surface area contributed by atoms with E-state index in [1.54, 1.807) is 0 Å². The summed E-state index contributed by atoms with van der Waals surface area (Å²) < 4.78 is 10.8. The summed E-state index contributed by atoms with van der Waals surface area (Å²) in [6.07, 6.45) is 4.47. The molecule has 2 heterocycles. The number of amides is 2. The van der Waals surface area contributed by atoms with Gasteiger partial charge in [0, 0.05) is 19.8 Å². The van der Waals surface area contributed by atoms with Crippen molar-refractivity contribution < 1.29 is 19.1 Å². The highest BCUT2D eigenvalue weighted by Gasteiger charge is 2.32. The number of rotatable bonds is 7. The van der Waals surface area contributed by atoms with Crippen LogP contribution in [0.15, 0.2) is 0 Å². The molecule has 2 aliphatic rings. The van der Waals surface area contributed by atoms with Crippen molar-refractivity contribution in [3.63, 3.8) is 0 Å².